The number of aryl methyl sites for hydroxylation is 1. The molecule has 3 nitrogen and oxygen atoms in total. The van der Waals surface area contributed by atoms with E-state index in [1.54, 1.807) is 0 Å². The van der Waals surface area contributed by atoms with Crippen LogP contribution in [0.4, 0.5) is 0 Å². The molecule has 3 heteroatoms. The molecule has 0 radical (unpaired) electrons. The van der Waals surface area contributed by atoms with Crippen LogP contribution in [0, 0.1) is 6.92 Å². The van der Waals surface area contributed by atoms with Gasteiger partial charge in [-0.2, -0.15) is 0 Å². The molecule has 2 aromatic rings. The van der Waals surface area contributed by atoms with Gasteiger partial charge in [-0.05, 0) is 37.0 Å². The largest absolute Gasteiger partial charge is 0.489 e. The van der Waals surface area contributed by atoms with Crippen molar-refractivity contribution in [3.05, 3.63) is 65.2 Å². The smallest absolute Gasteiger partial charge is 0.124 e. The van der Waals surface area contributed by atoms with E-state index in [0.717, 1.165) is 25.4 Å². The van der Waals surface area contributed by atoms with E-state index in [1.165, 1.54) is 29.5 Å². The zero-order valence-corrected chi connectivity index (χ0v) is 13.8. The van der Waals surface area contributed by atoms with E-state index in [-0.39, 0.29) is 0 Å². The van der Waals surface area contributed by atoms with Crippen molar-refractivity contribution in [3.8, 4) is 5.75 Å². The Morgan fingerprint density at radius 3 is 2.65 bits per heavy atom. The maximum Gasteiger partial charge on any atom is 0.124 e. The van der Waals surface area contributed by atoms with Gasteiger partial charge < -0.3 is 14.8 Å². The Morgan fingerprint density at radius 1 is 1.09 bits per heavy atom. The van der Waals surface area contributed by atoms with Gasteiger partial charge in [0.1, 0.15) is 12.4 Å². The first-order valence-electron chi connectivity index (χ1n) is 8.40. The molecule has 1 saturated heterocycles. The first kappa shape index (κ1) is 16.0. The Bertz CT molecular complexity index is 621. The summed E-state index contributed by atoms with van der Waals surface area (Å²) in [5, 5.41) is 3.49. The summed E-state index contributed by atoms with van der Waals surface area (Å²) in [4.78, 5) is 0. The molecule has 0 spiro atoms. The SMILES string of the molecule is Cc1ccccc1COc1ccccc1CNCC1CCCO1. The highest BCUT2D eigenvalue weighted by Crippen LogP contribution is 2.20. The van der Waals surface area contributed by atoms with Gasteiger partial charge in [0.15, 0.2) is 0 Å². The fourth-order valence-corrected chi connectivity index (χ4v) is 2.89. The number of hydrogen-bond donors (Lipinski definition) is 1. The summed E-state index contributed by atoms with van der Waals surface area (Å²) in [6, 6.07) is 16.6. The van der Waals surface area contributed by atoms with Crippen LogP contribution in [0.5, 0.6) is 5.75 Å². The van der Waals surface area contributed by atoms with Crippen molar-refractivity contribution in [2.75, 3.05) is 13.2 Å². The molecule has 122 valence electrons. The molecule has 1 atom stereocenters. The zero-order valence-electron chi connectivity index (χ0n) is 13.8. The van der Waals surface area contributed by atoms with Gasteiger partial charge in [0, 0.05) is 25.3 Å². The molecule has 1 unspecified atom stereocenters. The molecule has 0 bridgehead atoms. The van der Waals surface area contributed by atoms with Crippen LogP contribution in [0.25, 0.3) is 0 Å². The van der Waals surface area contributed by atoms with Gasteiger partial charge in [-0.3, -0.25) is 0 Å². The molecule has 0 aromatic heterocycles. The van der Waals surface area contributed by atoms with Gasteiger partial charge in [0.25, 0.3) is 0 Å². The minimum atomic E-state index is 0.370. The number of nitrogens with one attached hydrogen (secondary N) is 1. The lowest BCUT2D eigenvalue weighted by molar-refractivity contribution is 0.110. The topological polar surface area (TPSA) is 30.5 Å². The fourth-order valence-electron chi connectivity index (χ4n) is 2.89. The average Bonchev–Trinajstić information content (AvgIpc) is 3.09. The summed E-state index contributed by atoms with van der Waals surface area (Å²) in [6.07, 6.45) is 2.72. The van der Waals surface area contributed by atoms with Crippen LogP contribution in [0.15, 0.2) is 48.5 Å². The number of ether oxygens (including phenoxy) is 2. The number of hydrogen-bond acceptors (Lipinski definition) is 3. The molecule has 1 fully saturated rings. The van der Waals surface area contributed by atoms with Crippen molar-refractivity contribution < 1.29 is 9.47 Å². The molecule has 1 N–H and O–H groups in total. The normalized spacial score (nSPS) is 17.3. The van der Waals surface area contributed by atoms with Crippen molar-refractivity contribution in [1.29, 1.82) is 0 Å². The molecular weight excluding hydrogens is 286 g/mol. The predicted molar refractivity (Wildman–Crippen MR) is 92.6 cm³/mol. The highest BCUT2D eigenvalue weighted by Gasteiger charge is 2.14. The minimum absolute atomic E-state index is 0.370. The van der Waals surface area contributed by atoms with E-state index in [9.17, 15) is 0 Å². The van der Waals surface area contributed by atoms with E-state index in [1.807, 2.05) is 12.1 Å². The van der Waals surface area contributed by atoms with E-state index in [2.05, 4.69) is 48.6 Å². The number of benzene rings is 2. The monoisotopic (exact) mass is 311 g/mol. The second-order valence-electron chi connectivity index (χ2n) is 6.09. The molecule has 0 aliphatic carbocycles. The fraction of sp³-hybridized carbons (Fsp3) is 0.400. The molecule has 0 amide bonds. The summed E-state index contributed by atoms with van der Waals surface area (Å²) in [5.74, 6) is 0.954. The van der Waals surface area contributed by atoms with Crippen LogP contribution in [0.3, 0.4) is 0 Å². The Balaban J connectivity index is 1.55. The first-order valence-corrected chi connectivity index (χ1v) is 8.40. The summed E-state index contributed by atoms with van der Waals surface area (Å²) in [5.41, 5.74) is 3.69. The lowest BCUT2D eigenvalue weighted by atomic mass is 10.1. The van der Waals surface area contributed by atoms with Crippen molar-refractivity contribution in [2.45, 2.75) is 39.0 Å². The van der Waals surface area contributed by atoms with Gasteiger partial charge in [0.2, 0.25) is 0 Å². The third-order valence-corrected chi connectivity index (χ3v) is 4.33. The van der Waals surface area contributed by atoms with Gasteiger partial charge in [-0.15, -0.1) is 0 Å². The zero-order chi connectivity index (χ0) is 15.9. The van der Waals surface area contributed by atoms with Crippen LogP contribution in [-0.2, 0) is 17.9 Å². The highest BCUT2D eigenvalue weighted by atomic mass is 16.5. The average molecular weight is 311 g/mol. The lowest BCUT2D eigenvalue weighted by Gasteiger charge is -2.15. The van der Waals surface area contributed by atoms with E-state index in [4.69, 9.17) is 9.47 Å². The standard InChI is InChI=1S/C20H25NO2/c1-16-7-2-3-9-18(16)15-23-20-11-5-4-8-17(20)13-21-14-19-10-6-12-22-19/h2-5,7-9,11,19,21H,6,10,12-15H2,1H3. The molecule has 1 heterocycles. The number of rotatable bonds is 7. The van der Waals surface area contributed by atoms with Crippen molar-refractivity contribution in [2.24, 2.45) is 0 Å². The second kappa shape index (κ2) is 8.14. The maximum absolute atomic E-state index is 6.06. The molecule has 23 heavy (non-hydrogen) atoms. The molecule has 3 rings (SSSR count). The third-order valence-electron chi connectivity index (χ3n) is 4.33. The molecule has 0 saturated carbocycles. The highest BCUT2D eigenvalue weighted by molar-refractivity contribution is 5.34. The summed E-state index contributed by atoms with van der Waals surface area (Å²) in [6.45, 7) is 5.35. The van der Waals surface area contributed by atoms with Crippen LogP contribution in [0.2, 0.25) is 0 Å². The Labute approximate surface area is 138 Å². The molecule has 1 aliphatic rings. The van der Waals surface area contributed by atoms with E-state index < -0.39 is 0 Å². The Kier molecular flexibility index (Phi) is 5.67. The first-order chi connectivity index (χ1) is 11.3. The number of para-hydroxylation sites is 1. The predicted octanol–water partition coefficient (Wildman–Crippen LogP) is 3.84. The van der Waals surface area contributed by atoms with Crippen molar-refractivity contribution >= 4 is 0 Å². The second-order valence-corrected chi connectivity index (χ2v) is 6.09. The molecule has 1 aliphatic heterocycles. The summed E-state index contributed by atoms with van der Waals surface area (Å²) in [7, 11) is 0. The van der Waals surface area contributed by atoms with Crippen LogP contribution >= 0.6 is 0 Å². The van der Waals surface area contributed by atoms with Gasteiger partial charge in [0.05, 0.1) is 6.10 Å². The van der Waals surface area contributed by atoms with E-state index >= 15 is 0 Å². The van der Waals surface area contributed by atoms with Crippen molar-refractivity contribution in [1.82, 2.24) is 5.32 Å². The summed E-state index contributed by atoms with van der Waals surface area (Å²) < 4.78 is 11.7. The van der Waals surface area contributed by atoms with Crippen LogP contribution in [0.1, 0.15) is 29.5 Å². The molecular formula is C20H25NO2. The van der Waals surface area contributed by atoms with Crippen LogP contribution < -0.4 is 10.1 Å². The van der Waals surface area contributed by atoms with Gasteiger partial charge in [-0.25, -0.2) is 0 Å². The lowest BCUT2D eigenvalue weighted by Crippen LogP contribution is -2.26. The van der Waals surface area contributed by atoms with Crippen LogP contribution in [-0.4, -0.2) is 19.3 Å². The third kappa shape index (κ3) is 4.57. The minimum Gasteiger partial charge on any atom is -0.489 e. The van der Waals surface area contributed by atoms with Gasteiger partial charge in [-0.1, -0.05) is 42.5 Å². The Hall–Kier alpha value is -1.84. The molecule has 2 aromatic carbocycles. The maximum atomic E-state index is 6.06. The van der Waals surface area contributed by atoms with Gasteiger partial charge >= 0.3 is 0 Å². The Morgan fingerprint density at radius 2 is 1.87 bits per heavy atom. The quantitative estimate of drug-likeness (QED) is 0.842. The van der Waals surface area contributed by atoms with E-state index in [0.29, 0.717) is 12.7 Å². The summed E-state index contributed by atoms with van der Waals surface area (Å²) >= 11 is 0. The van der Waals surface area contributed by atoms with Crippen molar-refractivity contribution in [3.63, 3.8) is 0 Å².